The Kier molecular flexibility index (Phi) is 4.79. The van der Waals surface area contributed by atoms with Gasteiger partial charge in [-0.3, -0.25) is 9.47 Å². The second-order valence-corrected chi connectivity index (χ2v) is 9.02. The normalized spacial score (nSPS) is 17.6. The molecule has 30 heavy (non-hydrogen) atoms. The third kappa shape index (κ3) is 3.19. The number of benzene rings is 1. The van der Waals surface area contributed by atoms with Crippen LogP contribution in [-0.2, 0) is 12.1 Å². The van der Waals surface area contributed by atoms with Crippen LogP contribution in [-0.4, -0.2) is 32.5 Å². The van der Waals surface area contributed by atoms with Gasteiger partial charge in [-0.2, -0.15) is 0 Å². The Morgan fingerprint density at radius 3 is 2.77 bits per heavy atom. The molecule has 1 fully saturated rings. The first-order chi connectivity index (χ1) is 14.5. The molecule has 0 saturated carbocycles. The van der Waals surface area contributed by atoms with Crippen LogP contribution in [0.1, 0.15) is 49.7 Å². The smallest absolute Gasteiger partial charge is 0.161 e. The van der Waals surface area contributed by atoms with Gasteiger partial charge in [0.1, 0.15) is 11.6 Å². The molecule has 2 aromatic heterocycles. The summed E-state index contributed by atoms with van der Waals surface area (Å²) in [7, 11) is 0. The Hall–Kier alpha value is -2.44. The molecule has 1 N–H and O–H groups in total. The number of rotatable bonds is 3. The monoisotopic (exact) mass is 425 g/mol. The summed E-state index contributed by atoms with van der Waals surface area (Å²) < 4.78 is 16.4. The van der Waals surface area contributed by atoms with E-state index in [0.29, 0.717) is 23.0 Å². The quantitative estimate of drug-likeness (QED) is 0.634. The maximum atomic E-state index is 14.2. The van der Waals surface area contributed by atoms with Crippen molar-refractivity contribution in [3.8, 4) is 5.82 Å². The predicted octanol–water partition coefficient (Wildman–Crippen LogP) is 5.10. The van der Waals surface area contributed by atoms with Crippen LogP contribution in [0.4, 0.5) is 10.1 Å². The highest BCUT2D eigenvalue weighted by Gasteiger charge is 2.43. The van der Waals surface area contributed by atoms with E-state index in [4.69, 9.17) is 16.6 Å². The summed E-state index contributed by atoms with van der Waals surface area (Å²) in [6, 6.07) is 8.82. The summed E-state index contributed by atoms with van der Waals surface area (Å²) in [6.45, 7) is 6.61. The highest BCUT2D eigenvalue weighted by molar-refractivity contribution is 6.30. The Morgan fingerprint density at radius 2 is 2.00 bits per heavy atom. The molecular weight excluding hydrogens is 401 g/mol. The molecule has 0 atom stereocenters. The van der Waals surface area contributed by atoms with E-state index >= 15 is 0 Å². The van der Waals surface area contributed by atoms with E-state index in [0.717, 1.165) is 43.3 Å². The average Bonchev–Trinajstić information content (AvgIpc) is 3.19. The molecule has 5 rings (SSSR count). The molecule has 1 saturated heterocycles. The minimum absolute atomic E-state index is 0.195. The Labute approximate surface area is 180 Å². The molecule has 0 amide bonds. The van der Waals surface area contributed by atoms with Crippen LogP contribution >= 0.6 is 11.6 Å². The van der Waals surface area contributed by atoms with Crippen LogP contribution in [0.15, 0.2) is 42.7 Å². The number of halogens is 2. The molecule has 0 bridgehead atoms. The van der Waals surface area contributed by atoms with E-state index in [-0.39, 0.29) is 11.4 Å². The summed E-state index contributed by atoms with van der Waals surface area (Å²) in [5.74, 6) is 2.06. The van der Waals surface area contributed by atoms with E-state index in [1.54, 1.807) is 12.1 Å². The SMILES string of the molecule is CC(C)c1ncc2n1-c1ncccc1NC21CCN(Cc2cc(Cl)ccc2F)CC1. The molecule has 5 nitrogen and oxygen atoms in total. The van der Waals surface area contributed by atoms with Gasteiger partial charge in [0.05, 0.1) is 23.1 Å². The number of hydrogen-bond donors (Lipinski definition) is 1. The van der Waals surface area contributed by atoms with Gasteiger partial charge in [0.25, 0.3) is 0 Å². The number of likely N-dealkylation sites (tertiary alicyclic amines) is 1. The number of pyridine rings is 1. The summed E-state index contributed by atoms with van der Waals surface area (Å²) in [4.78, 5) is 11.7. The van der Waals surface area contributed by atoms with Gasteiger partial charge in [0, 0.05) is 42.3 Å². The fraction of sp³-hybridized carbons (Fsp3) is 0.391. The van der Waals surface area contributed by atoms with E-state index < -0.39 is 0 Å². The summed E-state index contributed by atoms with van der Waals surface area (Å²) in [5, 5.41) is 4.35. The van der Waals surface area contributed by atoms with Gasteiger partial charge in [-0.1, -0.05) is 25.4 Å². The van der Waals surface area contributed by atoms with E-state index in [1.165, 1.54) is 11.8 Å². The number of anilines is 1. The second-order valence-electron chi connectivity index (χ2n) is 8.59. The van der Waals surface area contributed by atoms with Gasteiger partial charge < -0.3 is 5.32 Å². The summed E-state index contributed by atoms with van der Waals surface area (Å²) in [5.41, 5.74) is 2.67. The molecule has 1 aromatic carbocycles. The minimum Gasteiger partial charge on any atom is -0.371 e. The lowest BCUT2D eigenvalue weighted by Gasteiger charge is -2.45. The number of nitrogens with zero attached hydrogens (tertiary/aromatic N) is 4. The van der Waals surface area contributed by atoms with Crippen LogP contribution in [0, 0.1) is 5.82 Å². The van der Waals surface area contributed by atoms with Crippen LogP contribution in [0.25, 0.3) is 5.82 Å². The molecule has 0 unspecified atom stereocenters. The van der Waals surface area contributed by atoms with Crippen molar-refractivity contribution < 1.29 is 4.39 Å². The second kappa shape index (κ2) is 7.36. The van der Waals surface area contributed by atoms with E-state index in [9.17, 15) is 4.39 Å². The molecule has 3 aromatic rings. The first kappa shape index (κ1) is 19.5. The standard InChI is InChI=1S/C23H25ClFN5/c1-15(2)21-27-13-20-23(28-19-4-3-9-26-22(19)30(20)21)7-10-29(11-8-23)14-16-12-17(24)5-6-18(16)25/h3-6,9,12-13,15,28H,7-8,10-11,14H2,1-2H3. The van der Waals surface area contributed by atoms with Crippen LogP contribution in [0.2, 0.25) is 5.02 Å². The van der Waals surface area contributed by atoms with Crippen LogP contribution in [0.3, 0.4) is 0 Å². The molecule has 156 valence electrons. The Morgan fingerprint density at radius 1 is 1.20 bits per heavy atom. The number of nitrogens with one attached hydrogen (secondary N) is 1. The maximum absolute atomic E-state index is 14.2. The molecule has 0 aliphatic carbocycles. The van der Waals surface area contributed by atoms with Crippen molar-refractivity contribution in [3.05, 3.63) is 70.6 Å². The number of piperidine rings is 1. The fourth-order valence-corrected chi connectivity index (χ4v) is 4.90. The summed E-state index contributed by atoms with van der Waals surface area (Å²) >= 11 is 6.07. The number of fused-ring (bicyclic) bond motifs is 4. The lowest BCUT2D eigenvalue weighted by molar-refractivity contribution is 0.160. The lowest BCUT2D eigenvalue weighted by Crippen LogP contribution is -2.49. The highest BCUT2D eigenvalue weighted by atomic mass is 35.5. The number of aromatic nitrogens is 3. The van der Waals surface area contributed by atoms with Gasteiger partial charge in [-0.05, 0) is 43.2 Å². The zero-order valence-corrected chi connectivity index (χ0v) is 18.0. The lowest BCUT2D eigenvalue weighted by atomic mass is 9.82. The van der Waals surface area contributed by atoms with Gasteiger partial charge >= 0.3 is 0 Å². The largest absolute Gasteiger partial charge is 0.371 e. The number of hydrogen-bond acceptors (Lipinski definition) is 4. The van der Waals surface area contributed by atoms with Crippen LogP contribution < -0.4 is 5.32 Å². The van der Waals surface area contributed by atoms with E-state index in [1.807, 2.05) is 18.5 Å². The van der Waals surface area contributed by atoms with Crippen molar-refractivity contribution >= 4 is 17.3 Å². The van der Waals surface area contributed by atoms with Crippen molar-refractivity contribution in [2.75, 3.05) is 18.4 Å². The molecular formula is C23H25ClFN5. The van der Waals surface area contributed by atoms with Crippen molar-refractivity contribution in [2.24, 2.45) is 0 Å². The fourth-order valence-electron chi connectivity index (χ4n) is 4.71. The first-order valence-corrected chi connectivity index (χ1v) is 10.8. The van der Waals surface area contributed by atoms with E-state index in [2.05, 4.69) is 39.7 Å². The van der Waals surface area contributed by atoms with Gasteiger partial charge in [-0.25, -0.2) is 14.4 Å². The molecule has 2 aliphatic rings. The molecule has 7 heteroatoms. The van der Waals surface area contributed by atoms with Crippen molar-refractivity contribution in [1.29, 1.82) is 0 Å². The Balaban J connectivity index is 1.44. The molecule has 4 heterocycles. The zero-order chi connectivity index (χ0) is 20.9. The minimum atomic E-state index is -0.199. The molecule has 2 aliphatic heterocycles. The topological polar surface area (TPSA) is 46.0 Å². The van der Waals surface area contributed by atoms with Crippen LogP contribution in [0.5, 0.6) is 0 Å². The zero-order valence-electron chi connectivity index (χ0n) is 17.2. The summed E-state index contributed by atoms with van der Waals surface area (Å²) in [6.07, 6.45) is 5.65. The first-order valence-electron chi connectivity index (χ1n) is 10.4. The van der Waals surface area contributed by atoms with Crippen molar-refractivity contribution in [2.45, 2.75) is 44.7 Å². The van der Waals surface area contributed by atoms with Gasteiger partial charge in [0.15, 0.2) is 5.82 Å². The molecule has 0 radical (unpaired) electrons. The van der Waals surface area contributed by atoms with Gasteiger partial charge in [-0.15, -0.1) is 0 Å². The predicted molar refractivity (Wildman–Crippen MR) is 117 cm³/mol. The average molecular weight is 426 g/mol. The maximum Gasteiger partial charge on any atom is 0.161 e. The third-order valence-electron chi connectivity index (χ3n) is 6.28. The molecule has 1 spiro atoms. The third-order valence-corrected chi connectivity index (χ3v) is 6.51. The van der Waals surface area contributed by atoms with Crippen molar-refractivity contribution in [3.63, 3.8) is 0 Å². The van der Waals surface area contributed by atoms with Crippen molar-refractivity contribution in [1.82, 2.24) is 19.4 Å². The van der Waals surface area contributed by atoms with Gasteiger partial charge in [0.2, 0.25) is 0 Å². The highest BCUT2D eigenvalue weighted by Crippen LogP contribution is 2.44. The number of imidazole rings is 1. The Bertz CT molecular complexity index is 1080.